The largest absolute Gasteiger partial charge is 0.309 e. The molecule has 1 aromatic heterocycles. The molecule has 1 heterocycles. The van der Waals surface area contributed by atoms with E-state index in [0.717, 1.165) is 25.2 Å². The van der Waals surface area contributed by atoms with Crippen molar-refractivity contribution in [1.29, 1.82) is 0 Å². The Bertz CT molecular complexity index is 280. The molecule has 0 radical (unpaired) electrons. The van der Waals surface area contributed by atoms with Crippen LogP contribution in [0.15, 0.2) is 6.20 Å². The maximum atomic E-state index is 4.16. The molecule has 0 aliphatic carbocycles. The average molecular weight is 210 g/mol. The summed E-state index contributed by atoms with van der Waals surface area (Å²) in [5.74, 6) is 0.712. The molecule has 1 atom stereocenters. The summed E-state index contributed by atoms with van der Waals surface area (Å²) in [6.45, 7) is 10.6. The second-order valence-corrected chi connectivity index (χ2v) is 4.37. The van der Waals surface area contributed by atoms with Crippen LogP contribution in [-0.4, -0.2) is 21.5 Å². The number of hydrogen-bond acceptors (Lipinski definition) is 3. The lowest BCUT2D eigenvalue weighted by Gasteiger charge is -2.07. The molecular weight excluding hydrogens is 188 g/mol. The van der Waals surface area contributed by atoms with Crippen molar-refractivity contribution >= 4 is 0 Å². The van der Waals surface area contributed by atoms with Gasteiger partial charge < -0.3 is 5.32 Å². The topological polar surface area (TPSA) is 42.7 Å². The minimum absolute atomic E-state index is 0.294. The number of aromatic nitrogens is 3. The molecule has 1 N–H and O–H groups in total. The highest BCUT2D eigenvalue weighted by molar-refractivity contribution is 4.98. The first-order valence-corrected chi connectivity index (χ1v) is 5.77. The van der Waals surface area contributed by atoms with Gasteiger partial charge in [0, 0.05) is 6.54 Å². The molecule has 0 amide bonds. The smallest absolute Gasteiger partial charge is 0.0993 e. The molecule has 0 bridgehead atoms. The van der Waals surface area contributed by atoms with Gasteiger partial charge in [0.2, 0.25) is 0 Å². The molecule has 15 heavy (non-hydrogen) atoms. The molecule has 0 aliphatic heterocycles. The predicted octanol–water partition coefficient (Wildman–Crippen LogP) is 1.99. The van der Waals surface area contributed by atoms with Gasteiger partial charge in [-0.05, 0) is 25.8 Å². The number of nitrogens with one attached hydrogen (secondary N) is 1. The molecule has 4 heteroatoms. The van der Waals surface area contributed by atoms with Gasteiger partial charge in [-0.1, -0.05) is 26.0 Å². The summed E-state index contributed by atoms with van der Waals surface area (Å²) in [6.07, 6.45) is 3.19. The maximum Gasteiger partial charge on any atom is 0.0993 e. The highest BCUT2D eigenvalue weighted by atomic mass is 15.4. The Morgan fingerprint density at radius 2 is 2.13 bits per heavy atom. The van der Waals surface area contributed by atoms with Crippen molar-refractivity contribution in [2.24, 2.45) is 5.92 Å². The van der Waals surface area contributed by atoms with Crippen LogP contribution in [0, 0.1) is 5.92 Å². The Morgan fingerprint density at radius 1 is 1.40 bits per heavy atom. The van der Waals surface area contributed by atoms with Crippen LogP contribution in [0.5, 0.6) is 0 Å². The lowest BCUT2D eigenvalue weighted by molar-refractivity contribution is 0.478. The summed E-state index contributed by atoms with van der Waals surface area (Å²) in [5, 5.41) is 11.6. The van der Waals surface area contributed by atoms with Crippen molar-refractivity contribution in [2.45, 2.75) is 46.7 Å². The lowest BCUT2D eigenvalue weighted by atomic mass is 10.1. The third-order valence-electron chi connectivity index (χ3n) is 2.45. The molecular formula is C11H22N4. The molecule has 1 unspecified atom stereocenters. The average Bonchev–Trinajstić information content (AvgIpc) is 2.63. The van der Waals surface area contributed by atoms with Gasteiger partial charge in [0.25, 0.3) is 0 Å². The Morgan fingerprint density at radius 3 is 2.73 bits per heavy atom. The summed E-state index contributed by atoms with van der Waals surface area (Å²) < 4.78 is 1.93. The number of nitrogens with zero attached hydrogens (tertiary/aromatic N) is 3. The molecule has 86 valence electrons. The number of hydrogen-bond donors (Lipinski definition) is 1. The zero-order valence-electron chi connectivity index (χ0n) is 10.2. The lowest BCUT2D eigenvalue weighted by Crippen LogP contribution is -2.17. The van der Waals surface area contributed by atoms with E-state index in [-0.39, 0.29) is 0 Å². The van der Waals surface area contributed by atoms with Crippen LogP contribution in [0.2, 0.25) is 0 Å². The van der Waals surface area contributed by atoms with E-state index in [4.69, 9.17) is 0 Å². The van der Waals surface area contributed by atoms with Crippen molar-refractivity contribution in [3.63, 3.8) is 0 Å². The SMILES string of the molecule is CCNC(C)c1cn(CCC(C)C)nn1. The van der Waals surface area contributed by atoms with E-state index in [0.29, 0.717) is 12.0 Å². The number of aryl methyl sites for hydroxylation is 1. The van der Waals surface area contributed by atoms with Crippen molar-refractivity contribution < 1.29 is 0 Å². The van der Waals surface area contributed by atoms with Gasteiger partial charge in [-0.3, -0.25) is 4.68 Å². The van der Waals surface area contributed by atoms with Gasteiger partial charge >= 0.3 is 0 Å². The van der Waals surface area contributed by atoms with Crippen LogP contribution in [0.1, 0.15) is 45.9 Å². The third kappa shape index (κ3) is 4.00. The van der Waals surface area contributed by atoms with Crippen LogP contribution >= 0.6 is 0 Å². The monoisotopic (exact) mass is 210 g/mol. The van der Waals surface area contributed by atoms with E-state index in [1.54, 1.807) is 0 Å². The molecule has 1 aromatic rings. The number of rotatable bonds is 6. The predicted molar refractivity (Wildman–Crippen MR) is 61.6 cm³/mol. The van der Waals surface area contributed by atoms with E-state index in [2.05, 4.69) is 43.3 Å². The van der Waals surface area contributed by atoms with Crippen molar-refractivity contribution in [2.75, 3.05) is 6.54 Å². The highest BCUT2D eigenvalue weighted by Crippen LogP contribution is 2.08. The van der Waals surface area contributed by atoms with Gasteiger partial charge in [-0.25, -0.2) is 0 Å². The highest BCUT2D eigenvalue weighted by Gasteiger charge is 2.08. The van der Waals surface area contributed by atoms with Gasteiger partial charge in [0.05, 0.1) is 17.9 Å². The summed E-state index contributed by atoms with van der Waals surface area (Å²) in [4.78, 5) is 0. The zero-order valence-corrected chi connectivity index (χ0v) is 10.2. The fourth-order valence-corrected chi connectivity index (χ4v) is 1.42. The van der Waals surface area contributed by atoms with Crippen LogP contribution in [0.3, 0.4) is 0 Å². The normalized spacial score (nSPS) is 13.4. The van der Waals surface area contributed by atoms with Crippen molar-refractivity contribution in [3.8, 4) is 0 Å². The quantitative estimate of drug-likeness (QED) is 0.781. The third-order valence-corrected chi connectivity index (χ3v) is 2.45. The summed E-state index contributed by atoms with van der Waals surface area (Å²) >= 11 is 0. The van der Waals surface area contributed by atoms with Crippen LogP contribution < -0.4 is 5.32 Å². The first-order valence-electron chi connectivity index (χ1n) is 5.77. The summed E-state index contributed by atoms with van der Waals surface area (Å²) in [6, 6.07) is 0.294. The summed E-state index contributed by atoms with van der Waals surface area (Å²) in [7, 11) is 0. The Labute approximate surface area is 92.1 Å². The molecule has 0 saturated carbocycles. The molecule has 0 aromatic carbocycles. The van der Waals surface area contributed by atoms with Crippen LogP contribution in [0.25, 0.3) is 0 Å². The van der Waals surface area contributed by atoms with Crippen molar-refractivity contribution in [1.82, 2.24) is 20.3 Å². The molecule has 1 rings (SSSR count). The van der Waals surface area contributed by atoms with Gasteiger partial charge in [-0.15, -0.1) is 5.10 Å². The van der Waals surface area contributed by atoms with Crippen LogP contribution in [0.4, 0.5) is 0 Å². The standard InChI is InChI=1S/C11H22N4/c1-5-12-10(4)11-8-15(14-13-11)7-6-9(2)3/h8-10,12H,5-7H2,1-4H3. The first kappa shape index (κ1) is 12.2. The van der Waals surface area contributed by atoms with Gasteiger partial charge in [0.1, 0.15) is 0 Å². The Balaban J connectivity index is 2.48. The molecule has 4 nitrogen and oxygen atoms in total. The minimum atomic E-state index is 0.294. The molecule has 0 fully saturated rings. The van der Waals surface area contributed by atoms with Crippen LogP contribution in [-0.2, 0) is 6.54 Å². The first-order chi connectivity index (χ1) is 7.13. The maximum absolute atomic E-state index is 4.16. The molecule has 0 aliphatic rings. The van der Waals surface area contributed by atoms with E-state index in [9.17, 15) is 0 Å². The zero-order chi connectivity index (χ0) is 11.3. The van der Waals surface area contributed by atoms with E-state index in [1.807, 2.05) is 10.9 Å². The van der Waals surface area contributed by atoms with E-state index >= 15 is 0 Å². The van der Waals surface area contributed by atoms with Gasteiger partial charge in [0.15, 0.2) is 0 Å². The van der Waals surface area contributed by atoms with Crippen molar-refractivity contribution in [3.05, 3.63) is 11.9 Å². The Hall–Kier alpha value is -0.900. The van der Waals surface area contributed by atoms with E-state index in [1.165, 1.54) is 0 Å². The Kier molecular flexibility index (Phi) is 4.75. The van der Waals surface area contributed by atoms with E-state index < -0.39 is 0 Å². The minimum Gasteiger partial charge on any atom is -0.309 e. The molecule has 0 saturated heterocycles. The second-order valence-electron chi connectivity index (χ2n) is 4.37. The van der Waals surface area contributed by atoms with Gasteiger partial charge in [-0.2, -0.15) is 0 Å². The second kappa shape index (κ2) is 5.85. The summed E-state index contributed by atoms with van der Waals surface area (Å²) in [5.41, 5.74) is 1.03. The fraction of sp³-hybridized carbons (Fsp3) is 0.818. The fourth-order valence-electron chi connectivity index (χ4n) is 1.42. The molecule has 0 spiro atoms.